The molecule has 4 nitrogen and oxygen atoms in total. The number of aromatic nitrogens is 4. The molecule has 2 aromatic rings. The summed E-state index contributed by atoms with van der Waals surface area (Å²) in [5.74, 6) is 0. The van der Waals surface area contributed by atoms with Crippen LogP contribution in [0.4, 0.5) is 0 Å². The normalized spacial score (nSPS) is 8.12. The van der Waals surface area contributed by atoms with Gasteiger partial charge >= 0.3 is 0 Å². The van der Waals surface area contributed by atoms with Crippen molar-refractivity contribution in [2.75, 3.05) is 0 Å². The van der Waals surface area contributed by atoms with Gasteiger partial charge in [-0.1, -0.05) is 0 Å². The maximum absolute atomic E-state index is 2.94. The lowest BCUT2D eigenvalue weighted by atomic mass is 10.7. The minimum atomic E-state index is 0. The van der Waals surface area contributed by atoms with Gasteiger partial charge < -0.3 is 34.0 Å². The summed E-state index contributed by atoms with van der Waals surface area (Å²) in [6.07, 6.45) is 11.7. The number of halogens is 2. The maximum atomic E-state index is 2.94. The van der Waals surface area contributed by atoms with Crippen molar-refractivity contribution in [2.24, 2.45) is 0 Å². The average molecular weight is 354 g/mol. The van der Waals surface area contributed by atoms with Crippen molar-refractivity contribution in [3.8, 4) is 0 Å². The van der Waals surface area contributed by atoms with Gasteiger partial charge in [0.05, 0.1) is 13.1 Å². The number of H-pyrrole nitrogens is 2. The van der Waals surface area contributed by atoms with Crippen LogP contribution in [0.5, 0.6) is 0 Å². The summed E-state index contributed by atoms with van der Waals surface area (Å²) in [4.78, 5) is 5.89. The fraction of sp³-hybridized carbons (Fsp3) is 0.400. The first-order chi connectivity index (χ1) is 6.86. The third-order valence-corrected chi connectivity index (χ3v) is 1.94. The van der Waals surface area contributed by atoms with E-state index >= 15 is 0 Å². The van der Waals surface area contributed by atoms with Gasteiger partial charge in [0, 0.05) is 0 Å². The first-order valence-electron chi connectivity index (χ1n) is 4.90. The first kappa shape index (κ1) is 17.8. The average Bonchev–Trinajstić information content (AvgIpc) is 2.92. The molecule has 0 spiro atoms. The summed E-state index contributed by atoms with van der Waals surface area (Å²) in [6.45, 7) is 6.30. The Labute approximate surface area is 117 Å². The Morgan fingerprint density at radius 2 is 1.19 bits per heavy atom. The molecule has 0 aliphatic carbocycles. The lowest BCUT2D eigenvalue weighted by Gasteiger charge is -1.79. The van der Waals surface area contributed by atoms with E-state index in [2.05, 4.69) is 32.9 Å². The number of nitrogens with one attached hydrogen (secondary N) is 2. The summed E-state index contributed by atoms with van der Waals surface area (Å²) in [5.41, 5.74) is 0. The summed E-state index contributed by atoms with van der Waals surface area (Å²) in [5, 5.41) is 0. The van der Waals surface area contributed by atoms with Crippen molar-refractivity contribution in [3.05, 3.63) is 37.4 Å². The van der Waals surface area contributed by atoms with Crippen LogP contribution in [0.25, 0.3) is 0 Å². The quantitative estimate of drug-likeness (QED) is 0.506. The van der Waals surface area contributed by atoms with Gasteiger partial charge in [0.25, 0.3) is 0 Å². The van der Waals surface area contributed by atoms with Crippen molar-refractivity contribution in [1.29, 1.82) is 0 Å². The van der Waals surface area contributed by atoms with Crippen molar-refractivity contribution < 1.29 is 43.1 Å². The Morgan fingerprint density at radius 1 is 0.812 bits per heavy atom. The van der Waals surface area contributed by atoms with Crippen LogP contribution in [0.1, 0.15) is 13.8 Å². The van der Waals surface area contributed by atoms with Crippen molar-refractivity contribution in [2.45, 2.75) is 26.9 Å². The Hall–Kier alpha value is -0.620. The highest BCUT2D eigenvalue weighted by atomic mass is 79.9. The molecular weight excluding hydrogens is 336 g/mol. The van der Waals surface area contributed by atoms with E-state index in [1.54, 1.807) is 0 Å². The molecule has 0 fully saturated rings. The van der Waals surface area contributed by atoms with Gasteiger partial charge in [-0.25, -0.2) is 9.13 Å². The molecule has 2 rings (SSSR count). The second kappa shape index (κ2) is 10.9. The zero-order valence-electron chi connectivity index (χ0n) is 9.53. The Morgan fingerprint density at radius 3 is 1.31 bits per heavy atom. The van der Waals surface area contributed by atoms with Crippen LogP contribution in [0, 0.1) is 0 Å². The Balaban J connectivity index is 0. The number of aryl methyl sites for hydroxylation is 2. The topological polar surface area (TPSA) is 39.3 Å². The Bertz CT molecular complexity index is 284. The monoisotopic (exact) mass is 352 g/mol. The third kappa shape index (κ3) is 6.79. The standard InChI is InChI=1S/2C5H8N2.2BrH/c2*1-2-7-4-3-6-5-7;;/h2*3-5H,2H2,1H3;2*1H. The van der Waals surface area contributed by atoms with Crippen molar-refractivity contribution in [3.63, 3.8) is 0 Å². The van der Waals surface area contributed by atoms with Gasteiger partial charge in [0.15, 0.2) is 0 Å². The largest absolute Gasteiger partial charge is 1.00 e. The molecule has 2 aromatic heterocycles. The summed E-state index contributed by atoms with van der Waals surface area (Å²) < 4.78 is 4.14. The lowest BCUT2D eigenvalue weighted by Crippen LogP contribution is -3.00. The molecule has 92 valence electrons. The highest BCUT2D eigenvalue weighted by molar-refractivity contribution is 4.55. The van der Waals surface area contributed by atoms with E-state index < -0.39 is 0 Å². The van der Waals surface area contributed by atoms with Crippen LogP contribution in [0.3, 0.4) is 0 Å². The van der Waals surface area contributed by atoms with Gasteiger partial charge in [-0.05, 0) is 13.8 Å². The van der Waals surface area contributed by atoms with E-state index in [-0.39, 0.29) is 34.0 Å². The highest BCUT2D eigenvalue weighted by Gasteiger charge is 1.86. The number of rotatable bonds is 2. The molecular formula is C10H18Br2N4. The summed E-state index contributed by atoms with van der Waals surface area (Å²) in [7, 11) is 0. The predicted octanol–water partition coefficient (Wildman–Crippen LogP) is -5.35. The van der Waals surface area contributed by atoms with E-state index in [0.29, 0.717) is 0 Å². The molecule has 0 atom stereocenters. The van der Waals surface area contributed by atoms with Gasteiger partial charge in [-0.3, -0.25) is 9.97 Å². The molecule has 0 unspecified atom stereocenters. The third-order valence-electron chi connectivity index (χ3n) is 1.94. The molecule has 0 amide bonds. The molecule has 0 saturated heterocycles. The molecule has 2 heterocycles. The SMILES string of the molecule is CC[n+]1cc[nH]c1.CC[n+]1cc[nH]c1.[Br-].[Br-]. The number of aromatic amines is 2. The molecule has 0 bridgehead atoms. The second-order valence-electron chi connectivity index (χ2n) is 2.88. The van der Waals surface area contributed by atoms with Gasteiger partial charge in [-0.15, -0.1) is 0 Å². The zero-order chi connectivity index (χ0) is 10.2. The van der Waals surface area contributed by atoms with Crippen LogP contribution in [-0.2, 0) is 13.1 Å². The minimum Gasteiger partial charge on any atom is -1.00 e. The van der Waals surface area contributed by atoms with Gasteiger partial charge in [0.2, 0.25) is 12.7 Å². The van der Waals surface area contributed by atoms with Crippen LogP contribution < -0.4 is 43.1 Å². The Kier molecular flexibility index (Phi) is 12.1. The maximum Gasteiger partial charge on any atom is 0.241 e. The summed E-state index contributed by atoms with van der Waals surface area (Å²) in [6, 6.07) is 0. The van der Waals surface area contributed by atoms with Gasteiger partial charge in [-0.2, -0.15) is 0 Å². The fourth-order valence-electron chi connectivity index (χ4n) is 1.03. The zero-order valence-corrected chi connectivity index (χ0v) is 12.7. The van der Waals surface area contributed by atoms with Crippen LogP contribution in [0.15, 0.2) is 37.4 Å². The predicted molar refractivity (Wildman–Crippen MR) is 53.3 cm³/mol. The van der Waals surface area contributed by atoms with Crippen LogP contribution in [0.2, 0.25) is 0 Å². The van der Waals surface area contributed by atoms with Crippen LogP contribution in [-0.4, -0.2) is 9.97 Å². The number of hydrogen-bond donors (Lipinski definition) is 2. The first-order valence-corrected chi connectivity index (χ1v) is 4.90. The fourth-order valence-corrected chi connectivity index (χ4v) is 1.03. The molecule has 2 N–H and O–H groups in total. The molecule has 0 radical (unpaired) electrons. The molecule has 0 aliphatic rings. The highest BCUT2D eigenvalue weighted by Crippen LogP contribution is 1.66. The molecule has 0 aliphatic heterocycles. The van der Waals surface area contributed by atoms with E-state index in [4.69, 9.17) is 0 Å². The number of hydrogen-bond acceptors (Lipinski definition) is 0. The molecule has 0 aromatic carbocycles. The number of nitrogens with zero attached hydrogens (tertiary/aromatic N) is 2. The number of imidazole rings is 2. The van der Waals surface area contributed by atoms with E-state index in [0.717, 1.165) is 13.1 Å². The lowest BCUT2D eigenvalue weighted by molar-refractivity contribution is -0.692. The van der Waals surface area contributed by atoms with Crippen LogP contribution >= 0.6 is 0 Å². The smallest absolute Gasteiger partial charge is 0.241 e. The molecule has 6 heteroatoms. The second-order valence-corrected chi connectivity index (χ2v) is 2.88. The summed E-state index contributed by atoms with van der Waals surface area (Å²) >= 11 is 0. The molecule has 0 saturated carbocycles. The van der Waals surface area contributed by atoms with Crippen molar-refractivity contribution >= 4 is 0 Å². The van der Waals surface area contributed by atoms with E-state index in [1.165, 1.54) is 0 Å². The molecule has 16 heavy (non-hydrogen) atoms. The van der Waals surface area contributed by atoms with E-state index in [1.807, 2.05) is 37.4 Å². The van der Waals surface area contributed by atoms with Crippen molar-refractivity contribution in [1.82, 2.24) is 9.97 Å². The van der Waals surface area contributed by atoms with E-state index in [9.17, 15) is 0 Å². The minimum absolute atomic E-state index is 0. The van der Waals surface area contributed by atoms with Gasteiger partial charge in [0.1, 0.15) is 24.8 Å².